The van der Waals surface area contributed by atoms with Crippen molar-refractivity contribution in [3.05, 3.63) is 29.0 Å². The van der Waals surface area contributed by atoms with Crippen LogP contribution in [0, 0.1) is 5.82 Å². The van der Waals surface area contributed by atoms with Crippen molar-refractivity contribution in [2.45, 2.75) is 18.9 Å². The third-order valence-corrected chi connectivity index (χ3v) is 2.53. The number of hydrogen-bond acceptors (Lipinski definition) is 3. The van der Waals surface area contributed by atoms with Gasteiger partial charge < -0.3 is 15.6 Å². The Hall–Kier alpha value is -0.840. The molecule has 0 fully saturated rings. The van der Waals surface area contributed by atoms with E-state index in [1.165, 1.54) is 18.2 Å². The Morgan fingerprint density at radius 1 is 1.56 bits per heavy atom. The first kappa shape index (κ1) is 13.2. The SMILES string of the molecule is CC(O)(CN)CCOc1ccc(F)cc1Cl. The first-order chi connectivity index (χ1) is 7.44. The molecule has 0 heterocycles. The number of halogens is 2. The Bertz CT molecular complexity index is 358. The van der Waals surface area contributed by atoms with E-state index < -0.39 is 11.4 Å². The topological polar surface area (TPSA) is 55.5 Å². The van der Waals surface area contributed by atoms with Gasteiger partial charge in [-0.25, -0.2) is 4.39 Å². The van der Waals surface area contributed by atoms with Crippen LogP contribution in [0.25, 0.3) is 0 Å². The molecule has 1 atom stereocenters. The summed E-state index contributed by atoms with van der Waals surface area (Å²) in [6, 6.07) is 3.90. The largest absolute Gasteiger partial charge is 0.492 e. The van der Waals surface area contributed by atoms with Crippen LogP contribution in [0.3, 0.4) is 0 Å². The Morgan fingerprint density at radius 2 is 2.25 bits per heavy atom. The molecule has 0 radical (unpaired) electrons. The van der Waals surface area contributed by atoms with Crippen LogP contribution in [0.5, 0.6) is 5.75 Å². The Morgan fingerprint density at radius 3 is 2.81 bits per heavy atom. The zero-order valence-electron chi connectivity index (χ0n) is 9.04. The Labute approximate surface area is 99.0 Å². The van der Waals surface area contributed by atoms with Gasteiger partial charge in [-0.3, -0.25) is 0 Å². The van der Waals surface area contributed by atoms with E-state index in [9.17, 15) is 9.50 Å². The van der Waals surface area contributed by atoms with Crippen molar-refractivity contribution in [1.29, 1.82) is 0 Å². The zero-order chi connectivity index (χ0) is 12.2. The minimum absolute atomic E-state index is 0.160. The third-order valence-electron chi connectivity index (χ3n) is 2.23. The average molecular weight is 248 g/mol. The van der Waals surface area contributed by atoms with Gasteiger partial charge in [-0.1, -0.05) is 11.6 Å². The molecule has 16 heavy (non-hydrogen) atoms. The molecule has 0 amide bonds. The van der Waals surface area contributed by atoms with Gasteiger partial charge in [0.1, 0.15) is 11.6 Å². The quantitative estimate of drug-likeness (QED) is 0.836. The van der Waals surface area contributed by atoms with Crippen LogP contribution in [0.4, 0.5) is 4.39 Å². The van der Waals surface area contributed by atoms with Gasteiger partial charge in [0, 0.05) is 13.0 Å². The van der Waals surface area contributed by atoms with E-state index in [1.807, 2.05) is 0 Å². The number of benzene rings is 1. The average Bonchev–Trinajstić information content (AvgIpc) is 2.21. The molecule has 5 heteroatoms. The van der Waals surface area contributed by atoms with Gasteiger partial charge in [0.05, 0.1) is 17.2 Å². The molecule has 3 nitrogen and oxygen atoms in total. The maximum absolute atomic E-state index is 12.7. The summed E-state index contributed by atoms with van der Waals surface area (Å²) in [4.78, 5) is 0. The molecule has 0 saturated heterocycles. The highest BCUT2D eigenvalue weighted by atomic mass is 35.5. The van der Waals surface area contributed by atoms with E-state index in [2.05, 4.69) is 0 Å². The molecule has 1 unspecified atom stereocenters. The molecule has 0 saturated carbocycles. The van der Waals surface area contributed by atoms with Crippen molar-refractivity contribution >= 4 is 11.6 Å². The van der Waals surface area contributed by atoms with Crippen LogP contribution in [0.1, 0.15) is 13.3 Å². The van der Waals surface area contributed by atoms with Crippen molar-refractivity contribution < 1.29 is 14.2 Å². The molecule has 0 aliphatic heterocycles. The van der Waals surface area contributed by atoms with Gasteiger partial charge in [-0.15, -0.1) is 0 Å². The lowest BCUT2D eigenvalue weighted by molar-refractivity contribution is 0.0453. The van der Waals surface area contributed by atoms with E-state index in [0.29, 0.717) is 12.2 Å². The van der Waals surface area contributed by atoms with Crippen LogP contribution in [0.2, 0.25) is 5.02 Å². The van der Waals surface area contributed by atoms with Crippen LogP contribution >= 0.6 is 11.6 Å². The summed E-state index contributed by atoms with van der Waals surface area (Å²) >= 11 is 5.76. The number of ether oxygens (including phenoxy) is 1. The first-order valence-corrected chi connectivity index (χ1v) is 5.33. The Balaban J connectivity index is 2.49. The first-order valence-electron chi connectivity index (χ1n) is 4.95. The minimum atomic E-state index is -0.952. The lowest BCUT2D eigenvalue weighted by atomic mass is 10.0. The van der Waals surface area contributed by atoms with Crippen molar-refractivity contribution in [1.82, 2.24) is 0 Å². The maximum atomic E-state index is 12.7. The van der Waals surface area contributed by atoms with Crippen LogP contribution in [-0.4, -0.2) is 23.9 Å². The van der Waals surface area contributed by atoms with Crippen LogP contribution in [-0.2, 0) is 0 Å². The Kier molecular flexibility index (Phi) is 4.53. The van der Waals surface area contributed by atoms with E-state index in [4.69, 9.17) is 22.1 Å². The highest BCUT2D eigenvalue weighted by molar-refractivity contribution is 6.32. The number of aliphatic hydroxyl groups is 1. The monoisotopic (exact) mass is 247 g/mol. The summed E-state index contributed by atoms with van der Waals surface area (Å²) in [5, 5.41) is 9.83. The highest BCUT2D eigenvalue weighted by Gasteiger charge is 2.17. The fraction of sp³-hybridized carbons (Fsp3) is 0.455. The summed E-state index contributed by atoms with van der Waals surface area (Å²) in [5.41, 5.74) is 4.40. The van der Waals surface area contributed by atoms with Gasteiger partial charge in [0.2, 0.25) is 0 Å². The zero-order valence-corrected chi connectivity index (χ0v) is 9.80. The molecule has 0 aromatic heterocycles. The fourth-order valence-corrected chi connectivity index (χ4v) is 1.30. The summed E-state index contributed by atoms with van der Waals surface area (Å²) in [7, 11) is 0. The maximum Gasteiger partial charge on any atom is 0.138 e. The number of rotatable bonds is 5. The van der Waals surface area contributed by atoms with Gasteiger partial charge in [0.15, 0.2) is 0 Å². The molecular weight excluding hydrogens is 233 g/mol. The molecule has 1 aromatic rings. The summed E-state index contributed by atoms with van der Waals surface area (Å²) in [5.74, 6) is -0.0119. The number of nitrogens with two attached hydrogens (primary N) is 1. The molecule has 1 rings (SSSR count). The van der Waals surface area contributed by atoms with Crippen LogP contribution in [0.15, 0.2) is 18.2 Å². The van der Waals surface area contributed by atoms with E-state index in [0.717, 1.165) is 0 Å². The molecule has 0 spiro atoms. The normalized spacial score (nSPS) is 14.6. The predicted molar refractivity (Wildman–Crippen MR) is 61.2 cm³/mol. The molecule has 1 aromatic carbocycles. The van der Waals surface area contributed by atoms with E-state index in [-0.39, 0.29) is 18.2 Å². The summed E-state index contributed by atoms with van der Waals surface area (Å²) < 4.78 is 18.0. The van der Waals surface area contributed by atoms with E-state index in [1.54, 1.807) is 6.92 Å². The molecule has 0 bridgehead atoms. The van der Waals surface area contributed by atoms with Crippen LogP contribution < -0.4 is 10.5 Å². The molecule has 3 N–H and O–H groups in total. The lowest BCUT2D eigenvalue weighted by Crippen LogP contribution is -2.35. The summed E-state index contributed by atoms with van der Waals surface area (Å²) in [6.45, 7) is 2.06. The standard InChI is InChI=1S/C11H15ClFNO2/c1-11(15,7-14)4-5-16-10-3-2-8(13)6-9(10)12/h2-3,6,15H,4-5,7,14H2,1H3. The molecule has 0 aliphatic carbocycles. The highest BCUT2D eigenvalue weighted by Crippen LogP contribution is 2.25. The second-order valence-corrected chi connectivity index (χ2v) is 4.28. The lowest BCUT2D eigenvalue weighted by Gasteiger charge is -2.20. The van der Waals surface area contributed by atoms with Gasteiger partial charge in [-0.2, -0.15) is 0 Å². The molecule has 0 aliphatic rings. The third kappa shape index (κ3) is 3.96. The van der Waals surface area contributed by atoms with Crippen molar-refractivity contribution in [3.63, 3.8) is 0 Å². The fourth-order valence-electron chi connectivity index (χ4n) is 1.08. The van der Waals surface area contributed by atoms with Gasteiger partial charge in [0.25, 0.3) is 0 Å². The molecular formula is C11H15ClFNO2. The van der Waals surface area contributed by atoms with Gasteiger partial charge in [-0.05, 0) is 25.1 Å². The molecule has 90 valence electrons. The second kappa shape index (κ2) is 5.48. The smallest absolute Gasteiger partial charge is 0.138 e. The summed E-state index contributed by atoms with van der Waals surface area (Å²) in [6.07, 6.45) is 0.386. The minimum Gasteiger partial charge on any atom is -0.492 e. The number of hydrogen-bond donors (Lipinski definition) is 2. The van der Waals surface area contributed by atoms with E-state index >= 15 is 0 Å². The predicted octanol–water partition coefficient (Wildman–Crippen LogP) is 1.96. The van der Waals surface area contributed by atoms with Crippen molar-refractivity contribution in [3.8, 4) is 5.75 Å². The second-order valence-electron chi connectivity index (χ2n) is 3.87. The van der Waals surface area contributed by atoms with Crippen molar-refractivity contribution in [2.75, 3.05) is 13.2 Å². The van der Waals surface area contributed by atoms with Crippen molar-refractivity contribution in [2.24, 2.45) is 5.73 Å². The van der Waals surface area contributed by atoms with Gasteiger partial charge >= 0.3 is 0 Å².